The predicted molar refractivity (Wildman–Crippen MR) is 97.6 cm³/mol. The van der Waals surface area contributed by atoms with Crippen molar-refractivity contribution >= 4 is 40.1 Å². The van der Waals surface area contributed by atoms with E-state index in [-0.39, 0.29) is 22.9 Å². The van der Waals surface area contributed by atoms with Gasteiger partial charge in [-0.05, 0) is 30.2 Å². The Morgan fingerprint density at radius 1 is 1.12 bits per heavy atom. The van der Waals surface area contributed by atoms with Crippen molar-refractivity contribution in [2.75, 3.05) is 0 Å². The first kappa shape index (κ1) is 16.8. The van der Waals surface area contributed by atoms with E-state index in [1.54, 1.807) is 18.2 Å². The number of rotatable bonds is 4. The number of nitrogens with one attached hydrogen (secondary N) is 2. The maximum atomic E-state index is 12.6. The number of imidazole rings is 1. The lowest BCUT2D eigenvalue weighted by Gasteiger charge is -2.20. The van der Waals surface area contributed by atoms with Crippen LogP contribution < -0.4 is 5.32 Å². The maximum absolute atomic E-state index is 12.6. The molecule has 124 valence electrons. The van der Waals surface area contributed by atoms with Crippen LogP contribution in [0.15, 0.2) is 42.5 Å². The van der Waals surface area contributed by atoms with Gasteiger partial charge < -0.3 is 10.3 Å². The molecule has 1 amide bonds. The second kappa shape index (κ2) is 6.83. The van der Waals surface area contributed by atoms with Crippen LogP contribution in [0.25, 0.3) is 11.0 Å². The summed E-state index contributed by atoms with van der Waals surface area (Å²) in [5.74, 6) is 0.590. The number of hydrogen-bond acceptors (Lipinski definition) is 2. The van der Waals surface area contributed by atoms with Gasteiger partial charge in [-0.3, -0.25) is 4.79 Å². The molecule has 24 heavy (non-hydrogen) atoms. The van der Waals surface area contributed by atoms with E-state index in [9.17, 15) is 4.79 Å². The van der Waals surface area contributed by atoms with Gasteiger partial charge in [-0.25, -0.2) is 4.98 Å². The largest absolute Gasteiger partial charge is 0.342 e. The van der Waals surface area contributed by atoms with Gasteiger partial charge in [0.05, 0.1) is 32.7 Å². The molecule has 4 nitrogen and oxygen atoms in total. The minimum absolute atomic E-state index is 0.146. The van der Waals surface area contributed by atoms with Crippen LogP contribution in [0.1, 0.15) is 36.1 Å². The number of para-hydroxylation sites is 2. The summed E-state index contributed by atoms with van der Waals surface area (Å²) < 4.78 is 0. The molecular weight excluding hydrogens is 345 g/mol. The summed E-state index contributed by atoms with van der Waals surface area (Å²) in [6.45, 7) is 4.05. The molecule has 0 aliphatic heterocycles. The van der Waals surface area contributed by atoms with Crippen molar-refractivity contribution < 1.29 is 4.79 Å². The van der Waals surface area contributed by atoms with E-state index >= 15 is 0 Å². The molecule has 0 aliphatic carbocycles. The zero-order chi connectivity index (χ0) is 17.3. The lowest BCUT2D eigenvalue weighted by atomic mass is 10.0. The zero-order valence-electron chi connectivity index (χ0n) is 13.3. The number of aromatic amines is 1. The highest BCUT2D eigenvalue weighted by Gasteiger charge is 2.23. The monoisotopic (exact) mass is 361 g/mol. The number of halogens is 2. The molecule has 1 aromatic heterocycles. The molecule has 1 heterocycles. The molecule has 1 atom stereocenters. The Hall–Kier alpha value is -2.04. The highest BCUT2D eigenvalue weighted by atomic mass is 35.5. The minimum Gasteiger partial charge on any atom is -0.342 e. The molecule has 0 spiro atoms. The van der Waals surface area contributed by atoms with Gasteiger partial charge in [-0.1, -0.05) is 55.2 Å². The Bertz CT molecular complexity index is 856. The third kappa shape index (κ3) is 3.25. The quantitative estimate of drug-likeness (QED) is 0.686. The van der Waals surface area contributed by atoms with Crippen LogP contribution in [-0.4, -0.2) is 15.9 Å². The summed E-state index contributed by atoms with van der Waals surface area (Å²) in [4.78, 5) is 20.5. The first-order chi connectivity index (χ1) is 11.5. The van der Waals surface area contributed by atoms with Crippen LogP contribution in [0.4, 0.5) is 0 Å². The summed E-state index contributed by atoms with van der Waals surface area (Å²) in [5.41, 5.74) is 2.16. The Morgan fingerprint density at radius 2 is 1.88 bits per heavy atom. The fraction of sp³-hybridized carbons (Fsp3) is 0.222. The van der Waals surface area contributed by atoms with Crippen LogP contribution in [0.5, 0.6) is 0 Å². The van der Waals surface area contributed by atoms with E-state index in [2.05, 4.69) is 15.3 Å². The molecule has 0 saturated carbocycles. The number of carbonyl (C=O) groups excluding carboxylic acids is 1. The van der Waals surface area contributed by atoms with Gasteiger partial charge in [-0.2, -0.15) is 0 Å². The van der Waals surface area contributed by atoms with Crippen molar-refractivity contribution in [3.63, 3.8) is 0 Å². The summed E-state index contributed by atoms with van der Waals surface area (Å²) in [6.07, 6.45) is 0. The number of fused-ring (bicyclic) bond motifs is 1. The smallest absolute Gasteiger partial charge is 0.253 e. The van der Waals surface area contributed by atoms with Crippen LogP contribution in [0.2, 0.25) is 10.0 Å². The lowest BCUT2D eigenvalue weighted by molar-refractivity contribution is 0.0923. The molecule has 0 bridgehead atoms. The van der Waals surface area contributed by atoms with Crippen molar-refractivity contribution in [3.05, 3.63) is 63.9 Å². The second-order valence-corrected chi connectivity index (χ2v) is 6.72. The van der Waals surface area contributed by atoms with Crippen LogP contribution in [-0.2, 0) is 0 Å². The van der Waals surface area contributed by atoms with Crippen molar-refractivity contribution in [3.8, 4) is 0 Å². The molecular formula is C18H17Cl2N3O. The first-order valence-corrected chi connectivity index (χ1v) is 8.42. The van der Waals surface area contributed by atoms with Crippen molar-refractivity contribution in [2.24, 2.45) is 5.92 Å². The van der Waals surface area contributed by atoms with Gasteiger partial charge in [0.25, 0.3) is 5.91 Å². The average molecular weight is 362 g/mol. The number of carbonyl (C=O) groups is 1. The molecule has 0 fully saturated rings. The molecule has 0 saturated heterocycles. The fourth-order valence-corrected chi connectivity index (χ4v) is 2.96. The average Bonchev–Trinajstić information content (AvgIpc) is 2.98. The normalized spacial score (nSPS) is 12.5. The van der Waals surface area contributed by atoms with Crippen molar-refractivity contribution in [2.45, 2.75) is 19.9 Å². The molecule has 3 rings (SSSR count). The molecule has 0 aliphatic rings. The van der Waals surface area contributed by atoms with Crippen molar-refractivity contribution in [1.82, 2.24) is 15.3 Å². The SMILES string of the molecule is CC(C)C(NC(=O)c1cccc(Cl)c1Cl)c1nc2ccccc2[nH]1. The van der Waals surface area contributed by atoms with E-state index in [0.29, 0.717) is 10.6 Å². The second-order valence-electron chi connectivity index (χ2n) is 5.94. The summed E-state index contributed by atoms with van der Waals surface area (Å²) in [6, 6.07) is 12.5. The van der Waals surface area contributed by atoms with E-state index in [1.165, 1.54) is 0 Å². The first-order valence-electron chi connectivity index (χ1n) is 7.67. The molecule has 2 aromatic carbocycles. The maximum Gasteiger partial charge on any atom is 0.253 e. The van der Waals surface area contributed by atoms with E-state index < -0.39 is 0 Å². The van der Waals surface area contributed by atoms with Gasteiger partial charge in [0.15, 0.2) is 0 Å². The lowest BCUT2D eigenvalue weighted by Crippen LogP contribution is -2.32. The Morgan fingerprint density at radius 3 is 2.58 bits per heavy atom. The number of hydrogen-bond donors (Lipinski definition) is 2. The third-order valence-corrected chi connectivity index (χ3v) is 4.67. The summed E-state index contributed by atoms with van der Waals surface area (Å²) >= 11 is 12.1. The van der Waals surface area contributed by atoms with E-state index in [4.69, 9.17) is 23.2 Å². The standard InChI is InChI=1S/C18H17Cl2N3O/c1-10(2)16(17-21-13-8-3-4-9-14(13)22-17)23-18(24)11-6-5-7-12(19)15(11)20/h3-10,16H,1-2H3,(H,21,22)(H,23,24). The van der Waals surface area contributed by atoms with Crippen molar-refractivity contribution in [1.29, 1.82) is 0 Å². The Balaban J connectivity index is 1.91. The fourth-order valence-electron chi connectivity index (χ4n) is 2.57. The third-order valence-electron chi connectivity index (χ3n) is 3.85. The highest BCUT2D eigenvalue weighted by Crippen LogP contribution is 2.27. The minimum atomic E-state index is -0.276. The number of benzene rings is 2. The van der Waals surface area contributed by atoms with E-state index in [0.717, 1.165) is 16.9 Å². The van der Waals surface area contributed by atoms with Crippen LogP contribution in [0, 0.1) is 5.92 Å². The van der Waals surface area contributed by atoms with Gasteiger partial charge >= 0.3 is 0 Å². The van der Waals surface area contributed by atoms with Crippen LogP contribution >= 0.6 is 23.2 Å². The summed E-state index contributed by atoms with van der Waals surface area (Å²) in [7, 11) is 0. The van der Waals surface area contributed by atoms with Crippen LogP contribution in [0.3, 0.4) is 0 Å². The zero-order valence-corrected chi connectivity index (χ0v) is 14.8. The number of amides is 1. The van der Waals surface area contributed by atoms with Gasteiger partial charge in [0.2, 0.25) is 0 Å². The predicted octanol–water partition coefficient (Wildman–Crippen LogP) is 5.00. The topological polar surface area (TPSA) is 57.8 Å². The van der Waals surface area contributed by atoms with Gasteiger partial charge in [0, 0.05) is 0 Å². The number of aromatic nitrogens is 2. The Kier molecular flexibility index (Phi) is 4.78. The van der Waals surface area contributed by atoms with Gasteiger partial charge in [-0.15, -0.1) is 0 Å². The number of nitrogens with zero attached hydrogens (tertiary/aromatic N) is 1. The Labute approximate surface area is 150 Å². The molecule has 3 aromatic rings. The molecule has 1 unspecified atom stereocenters. The molecule has 6 heteroatoms. The van der Waals surface area contributed by atoms with E-state index in [1.807, 2.05) is 38.1 Å². The molecule has 2 N–H and O–H groups in total. The molecule has 0 radical (unpaired) electrons. The highest BCUT2D eigenvalue weighted by molar-refractivity contribution is 6.43. The summed E-state index contributed by atoms with van der Waals surface area (Å²) in [5, 5.41) is 3.61. The number of H-pyrrole nitrogens is 1. The van der Waals surface area contributed by atoms with Gasteiger partial charge in [0.1, 0.15) is 5.82 Å².